The molecule has 0 bridgehead atoms. The predicted octanol–water partition coefficient (Wildman–Crippen LogP) is 2.49. The minimum absolute atomic E-state index is 0.927. The average Bonchev–Trinajstić information content (AvgIpc) is 2.15. The Kier molecular flexibility index (Phi) is 3.22. The minimum Gasteiger partial charge on any atom is -0.385 e. The van der Waals surface area contributed by atoms with Crippen LogP contribution >= 0.6 is 0 Å². The molecule has 0 aromatic heterocycles. The van der Waals surface area contributed by atoms with Crippen LogP contribution in [0.2, 0.25) is 0 Å². The van der Waals surface area contributed by atoms with Crippen molar-refractivity contribution in [3.63, 3.8) is 0 Å². The molecule has 1 aromatic rings. The van der Waals surface area contributed by atoms with Crippen molar-refractivity contribution >= 4 is 5.69 Å². The van der Waals surface area contributed by atoms with Crippen molar-refractivity contribution in [2.45, 2.75) is 13.3 Å². The third-order valence-corrected chi connectivity index (χ3v) is 1.61. The van der Waals surface area contributed by atoms with Gasteiger partial charge in [-0.3, -0.25) is 0 Å². The molecule has 62 valence electrons. The third-order valence-electron chi connectivity index (χ3n) is 1.61. The van der Waals surface area contributed by atoms with E-state index in [1.54, 1.807) is 0 Å². The van der Waals surface area contributed by atoms with Gasteiger partial charge >= 0.3 is 0 Å². The van der Waals surface area contributed by atoms with Gasteiger partial charge in [0.05, 0.1) is 0 Å². The first-order chi connectivity index (χ1) is 5.86. The van der Waals surface area contributed by atoms with Crippen LogP contribution in [0.15, 0.2) is 24.3 Å². The normalized spacial score (nSPS) is 9.00. The molecule has 0 amide bonds. The Bertz CT molecular complexity index is 283. The standard InChI is InChI=1S/C11H13N/c1-3-8-12-11-7-5-6-10(4-2)9-11/h2,5-7,9,12H,3,8H2,1H3. The lowest BCUT2D eigenvalue weighted by Crippen LogP contribution is -1.99. The Morgan fingerprint density at radius 1 is 1.50 bits per heavy atom. The first-order valence-corrected chi connectivity index (χ1v) is 4.17. The lowest BCUT2D eigenvalue weighted by Gasteiger charge is -2.03. The topological polar surface area (TPSA) is 12.0 Å². The predicted molar refractivity (Wildman–Crippen MR) is 53.2 cm³/mol. The van der Waals surface area contributed by atoms with Gasteiger partial charge in [-0.2, -0.15) is 0 Å². The Morgan fingerprint density at radius 3 is 3.00 bits per heavy atom. The summed E-state index contributed by atoms with van der Waals surface area (Å²) in [6.07, 6.45) is 6.39. The SMILES string of the molecule is C#Cc1cccc(NCCC)c1. The van der Waals surface area contributed by atoms with Crippen molar-refractivity contribution in [1.82, 2.24) is 0 Å². The molecule has 1 rings (SSSR count). The van der Waals surface area contributed by atoms with Crippen molar-refractivity contribution < 1.29 is 0 Å². The number of nitrogens with one attached hydrogen (secondary N) is 1. The van der Waals surface area contributed by atoms with Crippen molar-refractivity contribution in [2.75, 3.05) is 11.9 Å². The highest BCUT2D eigenvalue weighted by atomic mass is 14.9. The van der Waals surface area contributed by atoms with Crippen LogP contribution < -0.4 is 5.32 Å². The molecule has 1 nitrogen and oxygen atoms in total. The molecule has 0 saturated heterocycles. The summed E-state index contributed by atoms with van der Waals surface area (Å²) in [5, 5.41) is 3.27. The van der Waals surface area contributed by atoms with E-state index in [4.69, 9.17) is 6.42 Å². The Hall–Kier alpha value is -1.42. The van der Waals surface area contributed by atoms with Gasteiger partial charge in [0.25, 0.3) is 0 Å². The molecule has 1 heteroatoms. The van der Waals surface area contributed by atoms with E-state index in [0.717, 1.165) is 24.2 Å². The second-order valence-corrected chi connectivity index (χ2v) is 2.65. The summed E-state index contributed by atoms with van der Waals surface area (Å²) in [5.41, 5.74) is 2.03. The monoisotopic (exact) mass is 159 g/mol. The number of benzene rings is 1. The third kappa shape index (κ3) is 2.32. The molecule has 0 radical (unpaired) electrons. The van der Waals surface area contributed by atoms with Crippen molar-refractivity contribution in [2.24, 2.45) is 0 Å². The first-order valence-electron chi connectivity index (χ1n) is 4.17. The van der Waals surface area contributed by atoms with Gasteiger partial charge in [-0.1, -0.05) is 18.9 Å². The smallest absolute Gasteiger partial charge is 0.0352 e. The molecular weight excluding hydrogens is 146 g/mol. The first kappa shape index (κ1) is 8.67. The molecular formula is C11H13N. The highest BCUT2D eigenvalue weighted by Gasteiger charge is 1.90. The minimum atomic E-state index is 0.927. The second-order valence-electron chi connectivity index (χ2n) is 2.65. The molecule has 0 unspecified atom stereocenters. The Labute approximate surface area is 73.8 Å². The maximum atomic E-state index is 5.27. The summed E-state index contributed by atoms with van der Waals surface area (Å²) in [7, 11) is 0. The fourth-order valence-corrected chi connectivity index (χ4v) is 0.988. The van der Waals surface area contributed by atoms with E-state index in [1.165, 1.54) is 0 Å². The summed E-state index contributed by atoms with van der Waals surface area (Å²) in [6, 6.07) is 7.90. The van der Waals surface area contributed by atoms with Gasteiger partial charge in [0.2, 0.25) is 0 Å². The molecule has 0 saturated carbocycles. The highest BCUT2D eigenvalue weighted by molar-refractivity contribution is 5.49. The molecule has 0 atom stereocenters. The zero-order valence-corrected chi connectivity index (χ0v) is 7.30. The zero-order chi connectivity index (χ0) is 8.81. The van der Waals surface area contributed by atoms with Gasteiger partial charge in [0.15, 0.2) is 0 Å². The summed E-state index contributed by atoms with van der Waals surface area (Å²) in [6.45, 7) is 3.13. The van der Waals surface area contributed by atoms with Gasteiger partial charge in [0, 0.05) is 17.8 Å². The number of terminal acetylenes is 1. The van der Waals surface area contributed by atoms with Crippen molar-refractivity contribution in [3.05, 3.63) is 29.8 Å². The fraction of sp³-hybridized carbons (Fsp3) is 0.273. The maximum absolute atomic E-state index is 5.27. The van der Waals surface area contributed by atoms with Gasteiger partial charge in [-0.05, 0) is 24.6 Å². The van der Waals surface area contributed by atoms with Gasteiger partial charge in [-0.25, -0.2) is 0 Å². The van der Waals surface area contributed by atoms with E-state index < -0.39 is 0 Å². The summed E-state index contributed by atoms with van der Waals surface area (Å²) >= 11 is 0. The van der Waals surface area contributed by atoms with E-state index in [2.05, 4.69) is 18.2 Å². The van der Waals surface area contributed by atoms with E-state index in [0.29, 0.717) is 0 Å². The van der Waals surface area contributed by atoms with Crippen LogP contribution in [0.25, 0.3) is 0 Å². The van der Waals surface area contributed by atoms with E-state index >= 15 is 0 Å². The zero-order valence-electron chi connectivity index (χ0n) is 7.30. The maximum Gasteiger partial charge on any atom is 0.0352 e. The van der Waals surface area contributed by atoms with Gasteiger partial charge in [0.1, 0.15) is 0 Å². The quantitative estimate of drug-likeness (QED) is 0.668. The molecule has 0 aliphatic carbocycles. The van der Waals surface area contributed by atoms with Gasteiger partial charge < -0.3 is 5.32 Å². The number of hydrogen-bond acceptors (Lipinski definition) is 1. The largest absolute Gasteiger partial charge is 0.385 e. The summed E-state index contributed by atoms with van der Waals surface area (Å²) in [5.74, 6) is 2.60. The fourth-order valence-electron chi connectivity index (χ4n) is 0.988. The van der Waals surface area contributed by atoms with Gasteiger partial charge in [-0.15, -0.1) is 6.42 Å². The summed E-state index contributed by atoms with van der Waals surface area (Å²) < 4.78 is 0. The summed E-state index contributed by atoms with van der Waals surface area (Å²) in [4.78, 5) is 0. The Morgan fingerprint density at radius 2 is 2.33 bits per heavy atom. The molecule has 0 aliphatic rings. The van der Waals surface area contributed by atoms with Crippen molar-refractivity contribution in [1.29, 1.82) is 0 Å². The van der Waals surface area contributed by atoms with Crippen molar-refractivity contribution in [3.8, 4) is 12.3 Å². The van der Waals surface area contributed by atoms with E-state index in [1.807, 2.05) is 24.3 Å². The van der Waals surface area contributed by atoms with Crippen LogP contribution in [-0.4, -0.2) is 6.54 Å². The van der Waals surface area contributed by atoms with Crippen LogP contribution in [0.4, 0.5) is 5.69 Å². The number of rotatable bonds is 3. The molecule has 1 N–H and O–H groups in total. The van der Waals surface area contributed by atoms with Crippen LogP contribution in [0.3, 0.4) is 0 Å². The van der Waals surface area contributed by atoms with Crippen LogP contribution in [0.5, 0.6) is 0 Å². The number of hydrogen-bond donors (Lipinski definition) is 1. The average molecular weight is 159 g/mol. The second kappa shape index (κ2) is 4.46. The molecule has 1 aromatic carbocycles. The lowest BCUT2D eigenvalue weighted by atomic mass is 10.2. The molecule has 0 fully saturated rings. The van der Waals surface area contributed by atoms with Crippen LogP contribution in [0, 0.1) is 12.3 Å². The number of anilines is 1. The lowest BCUT2D eigenvalue weighted by molar-refractivity contribution is 0.980. The van der Waals surface area contributed by atoms with Crippen LogP contribution in [-0.2, 0) is 0 Å². The van der Waals surface area contributed by atoms with E-state index in [9.17, 15) is 0 Å². The molecule has 12 heavy (non-hydrogen) atoms. The van der Waals surface area contributed by atoms with E-state index in [-0.39, 0.29) is 0 Å². The molecule has 0 aliphatic heterocycles. The Balaban J connectivity index is 2.68. The highest BCUT2D eigenvalue weighted by Crippen LogP contribution is 2.09. The van der Waals surface area contributed by atoms with Crippen LogP contribution in [0.1, 0.15) is 18.9 Å². The molecule has 0 heterocycles. The molecule has 0 spiro atoms.